The lowest BCUT2D eigenvalue weighted by Crippen LogP contribution is -2.51. The van der Waals surface area contributed by atoms with Gasteiger partial charge in [0.05, 0.1) is 6.10 Å². The Morgan fingerprint density at radius 1 is 1.44 bits per heavy atom. The molecule has 0 spiro atoms. The van der Waals surface area contributed by atoms with Crippen LogP contribution in [0.4, 0.5) is 0 Å². The molecule has 0 bridgehead atoms. The van der Waals surface area contributed by atoms with Crippen LogP contribution in [0.1, 0.15) is 46.0 Å². The first-order valence-electron chi connectivity index (χ1n) is 6.41. The summed E-state index contributed by atoms with van der Waals surface area (Å²) in [5.74, 6) is -0.292. The molecule has 0 saturated heterocycles. The predicted molar refractivity (Wildman–Crippen MR) is 68.2 cm³/mol. The molecule has 1 unspecified atom stereocenters. The molecule has 6 nitrogen and oxygen atoms in total. The van der Waals surface area contributed by atoms with Gasteiger partial charge >= 0.3 is 0 Å². The Bertz CT molecular complexity index is 325. The van der Waals surface area contributed by atoms with Gasteiger partial charge in [-0.25, -0.2) is 0 Å². The lowest BCUT2D eigenvalue weighted by Gasteiger charge is -2.31. The van der Waals surface area contributed by atoms with Crippen LogP contribution < -0.4 is 11.1 Å². The van der Waals surface area contributed by atoms with E-state index in [0.29, 0.717) is 19.3 Å². The maximum Gasteiger partial charge on any atom is 0.233 e. The summed E-state index contributed by atoms with van der Waals surface area (Å²) in [6.45, 7) is 3.48. The van der Waals surface area contributed by atoms with Crippen molar-refractivity contribution in [1.82, 2.24) is 5.32 Å². The van der Waals surface area contributed by atoms with E-state index in [0.717, 1.165) is 12.8 Å². The zero-order valence-corrected chi connectivity index (χ0v) is 11.0. The second-order valence-corrected chi connectivity index (χ2v) is 5.15. The molecule has 6 heteroatoms. The molecule has 0 heterocycles. The molecule has 1 atom stereocenters. The highest BCUT2D eigenvalue weighted by molar-refractivity contribution is 6.06. The number of hydrogen-bond acceptors (Lipinski definition) is 4. The molecule has 0 aromatic carbocycles. The van der Waals surface area contributed by atoms with E-state index in [-0.39, 0.29) is 23.9 Å². The number of aliphatic hydroxyl groups excluding tert-OH is 1. The molecule has 104 valence electrons. The number of amides is 1. The molecule has 1 aliphatic rings. The maximum atomic E-state index is 12.2. The molecule has 1 aliphatic carbocycles. The molecule has 1 amide bonds. The van der Waals surface area contributed by atoms with Crippen LogP contribution in [-0.4, -0.2) is 34.2 Å². The lowest BCUT2D eigenvalue weighted by atomic mass is 9.84. The van der Waals surface area contributed by atoms with Gasteiger partial charge in [0, 0.05) is 6.04 Å². The van der Waals surface area contributed by atoms with Crippen LogP contribution in [0.3, 0.4) is 0 Å². The number of hydrogen-bond donors (Lipinski definition) is 4. The monoisotopic (exact) mass is 257 g/mol. The number of rotatable bonds is 4. The topological polar surface area (TPSA) is 108 Å². The molecule has 0 radical (unpaired) electrons. The zero-order chi connectivity index (χ0) is 13.8. The van der Waals surface area contributed by atoms with Crippen molar-refractivity contribution in [3.05, 3.63) is 0 Å². The third-order valence-corrected chi connectivity index (χ3v) is 3.91. The highest BCUT2D eigenvalue weighted by Gasteiger charge is 2.37. The van der Waals surface area contributed by atoms with Gasteiger partial charge in [-0.15, -0.1) is 0 Å². The number of carbonyl (C=O) groups is 1. The molecule has 1 fully saturated rings. The number of aliphatic hydroxyl groups is 1. The van der Waals surface area contributed by atoms with Gasteiger partial charge in [-0.2, -0.15) is 0 Å². The summed E-state index contributed by atoms with van der Waals surface area (Å²) >= 11 is 0. The Labute approximate surface area is 107 Å². The fourth-order valence-corrected chi connectivity index (χ4v) is 2.13. The number of oxime groups is 1. The van der Waals surface area contributed by atoms with Crippen molar-refractivity contribution in [2.75, 3.05) is 0 Å². The van der Waals surface area contributed by atoms with E-state index in [1.165, 1.54) is 0 Å². The smallest absolute Gasteiger partial charge is 0.233 e. The largest absolute Gasteiger partial charge is 0.409 e. The Morgan fingerprint density at radius 3 is 2.44 bits per heavy atom. The van der Waals surface area contributed by atoms with Crippen LogP contribution in [-0.2, 0) is 4.79 Å². The Hall–Kier alpha value is -1.30. The number of carbonyl (C=O) groups excluding carboxylic acids is 1. The SMILES string of the molecule is CCC(C)(C(=O)NC1CCC(O)CC1)C(N)=NO. The molecular weight excluding hydrogens is 234 g/mol. The van der Waals surface area contributed by atoms with Crippen LogP contribution in [0.5, 0.6) is 0 Å². The fourth-order valence-electron chi connectivity index (χ4n) is 2.13. The van der Waals surface area contributed by atoms with Crippen LogP contribution in [0.25, 0.3) is 0 Å². The van der Waals surface area contributed by atoms with Crippen molar-refractivity contribution in [2.24, 2.45) is 16.3 Å². The van der Waals surface area contributed by atoms with E-state index in [1.807, 2.05) is 6.92 Å². The van der Waals surface area contributed by atoms with Gasteiger partial charge in [-0.05, 0) is 39.0 Å². The third-order valence-electron chi connectivity index (χ3n) is 3.91. The average molecular weight is 257 g/mol. The van der Waals surface area contributed by atoms with Crippen molar-refractivity contribution < 1.29 is 15.1 Å². The summed E-state index contributed by atoms with van der Waals surface area (Å²) in [7, 11) is 0. The average Bonchev–Trinajstić information content (AvgIpc) is 2.39. The van der Waals surface area contributed by atoms with Crippen molar-refractivity contribution in [1.29, 1.82) is 0 Å². The predicted octanol–water partition coefficient (Wildman–Crippen LogP) is 0.569. The van der Waals surface area contributed by atoms with E-state index in [1.54, 1.807) is 6.92 Å². The van der Waals surface area contributed by atoms with E-state index in [2.05, 4.69) is 10.5 Å². The summed E-state index contributed by atoms with van der Waals surface area (Å²) in [4.78, 5) is 12.2. The van der Waals surface area contributed by atoms with E-state index >= 15 is 0 Å². The second kappa shape index (κ2) is 6.04. The van der Waals surface area contributed by atoms with Gasteiger partial charge in [0.25, 0.3) is 0 Å². The van der Waals surface area contributed by atoms with Gasteiger partial charge in [0.1, 0.15) is 5.41 Å². The van der Waals surface area contributed by atoms with Crippen molar-refractivity contribution in [2.45, 2.75) is 58.1 Å². The standard InChI is InChI=1S/C12H23N3O3/c1-3-12(2,10(13)15-18)11(17)14-8-4-6-9(16)7-5-8/h8-9,16,18H,3-7H2,1-2H3,(H2,13,15)(H,14,17). The molecule has 1 rings (SSSR count). The summed E-state index contributed by atoms with van der Waals surface area (Å²) in [6, 6.07) is 0.0678. The van der Waals surface area contributed by atoms with Gasteiger partial charge in [-0.1, -0.05) is 12.1 Å². The minimum absolute atomic E-state index is 0.0678. The normalized spacial score (nSPS) is 28.5. The molecule has 5 N–H and O–H groups in total. The molecule has 0 aliphatic heterocycles. The van der Waals surface area contributed by atoms with Crippen molar-refractivity contribution in [3.63, 3.8) is 0 Å². The molecule has 18 heavy (non-hydrogen) atoms. The number of nitrogens with two attached hydrogens (primary N) is 1. The first kappa shape index (κ1) is 14.8. The minimum Gasteiger partial charge on any atom is -0.409 e. The van der Waals surface area contributed by atoms with E-state index in [4.69, 9.17) is 10.9 Å². The zero-order valence-electron chi connectivity index (χ0n) is 11.0. The summed E-state index contributed by atoms with van der Waals surface area (Å²) in [5, 5.41) is 24.0. The number of nitrogens with one attached hydrogen (secondary N) is 1. The van der Waals surface area contributed by atoms with Crippen LogP contribution in [0, 0.1) is 5.41 Å². The molecular formula is C12H23N3O3. The summed E-state index contributed by atoms with van der Waals surface area (Å²) < 4.78 is 0. The molecule has 0 aromatic rings. The highest BCUT2D eigenvalue weighted by atomic mass is 16.4. The van der Waals surface area contributed by atoms with Crippen LogP contribution in [0.15, 0.2) is 5.16 Å². The minimum atomic E-state index is -0.981. The van der Waals surface area contributed by atoms with Gasteiger partial charge in [-0.3, -0.25) is 4.79 Å². The Kier molecular flexibility index (Phi) is 4.95. The van der Waals surface area contributed by atoms with E-state index < -0.39 is 5.41 Å². The van der Waals surface area contributed by atoms with Gasteiger partial charge in [0.2, 0.25) is 5.91 Å². The lowest BCUT2D eigenvalue weighted by molar-refractivity contribution is -0.128. The van der Waals surface area contributed by atoms with Crippen LogP contribution in [0.2, 0.25) is 0 Å². The van der Waals surface area contributed by atoms with Crippen molar-refractivity contribution in [3.8, 4) is 0 Å². The third kappa shape index (κ3) is 3.13. The van der Waals surface area contributed by atoms with E-state index in [9.17, 15) is 9.90 Å². The molecule has 0 aromatic heterocycles. The summed E-state index contributed by atoms with van der Waals surface area (Å²) in [5.41, 5.74) is 4.61. The number of nitrogens with zero attached hydrogens (tertiary/aromatic N) is 1. The Morgan fingerprint density at radius 2 is 2.00 bits per heavy atom. The first-order valence-corrected chi connectivity index (χ1v) is 6.41. The molecule has 1 saturated carbocycles. The maximum absolute atomic E-state index is 12.2. The fraction of sp³-hybridized carbons (Fsp3) is 0.833. The van der Waals surface area contributed by atoms with Crippen molar-refractivity contribution >= 4 is 11.7 Å². The van der Waals surface area contributed by atoms with Gasteiger partial charge < -0.3 is 21.4 Å². The quantitative estimate of drug-likeness (QED) is 0.255. The first-order chi connectivity index (χ1) is 8.43. The van der Waals surface area contributed by atoms with Crippen LogP contribution >= 0.6 is 0 Å². The second-order valence-electron chi connectivity index (χ2n) is 5.15. The van der Waals surface area contributed by atoms with Gasteiger partial charge in [0.15, 0.2) is 5.84 Å². The summed E-state index contributed by atoms with van der Waals surface area (Å²) in [6.07, 6.45) is 3.16. The highest BCUT2D eigenvalue weighted by Crippen LogP contribution is 2.24. The Balaban J connectivity index is 2.63. The number of amidine groups is 1.